The number of hydrogen-bond donors (Lipinski definition) is 0. The van der Waals surface area contributed by atoms with E-state index in [1.165, 1.54) is 49.1 Å². The first-order chi connectivity index (χ1) is 13.3. The summed E-state index contributed by atoms with van der Waals surface area (Å²) in [6.45, 7) is 0.977. The number of nitrogens with zero attached hydrogens (tertiary/aromatic N) is 4. The van der Waals surface area contributed by atoms with Crippen molar-refractivity contribution in [3.05, 3.63) is 36.0 Å². The van der Waals surface area contributed by atoms with Crippen LogP contribution >= 0.6 is 11.8 Å². The fourth-order valence-electron chi connectivity index (χ4n) is 6.89. The van der Waals surface area contributed by atoms with Crippen molar-refractivity contribution in [3.63, 3.8) is 0 Å². The van der Waals surface area contributed by atoms with Gasteiger partial charge in [0.15, 0.2) is 5.16 Å². The largest absolute Gasteiger partial charge is 0.271 e. The smallest absolute Gasteiger partial charge is 0.174 e. The maximum atomic E-state index is 5.20. The van der Waals surface area contributed by atoms with E-state index in [4.69, 9.17) is 10.1 Å². The molecule has 5 heteroatoms. The van der Waals surface area contributed by atoms with Crippen molar-refractivity contribution in [1.82, 2.24) is 19.3 Å². The molecule has 3 heterocycles. The molecule has 0 N–H and O–H groups in total. The molecule has 0 spiro atoms. The van der Waals surface area contributed by atoms with E-state index in [1.54, 1.807) is 0 Å². The van der Waals surface area contributed by atoms with Crippen LogP contribution in [0.2, 0.25) is 0 Å². The average Bonchev–Trinajstić information content (AvgIpc) is 3.18. The average molecular weight is 377 g/mol. The summed E-state index contributed by atoms with van der Waals surface area (Å²) in [4.78, 5) is 4.89. The van der Waals surface area contributed by atoms with Gasteiger partial charge < -0.3 is 0 Å². The van der Waals surface area contributed by atoms with Crippen LogP contribution in [0.25, 0.3) is 16.9 Å². The van der Waals surface area contributed by atoms with Gasteiger partial charge in [-0.05, 0) is 67.9 Å². The molecule has 4 saturated carbocycles. The van der Waals surface area contributed by atoms with Gasteiger partial charge in [0.2, 0.25) is 0 Å². The Kier molecular flexibility index (Phi) is 3.04. The molecule has 5 aliphatic rings. The minimum absolute atomic E-state index is 0.697. The standard InChI is InChI=1S/C22H24N4S/c1-2-4-19-17(3-1)23-22-26(19)20-12-18(24-25(20)5-6-27-22)21-15-8-13-7-14(10-15)11-16(21)9-13/h1-4,12-16,21H,5-11H2. The van der Waals surface area contributed by atoms with Gasteiger partial charge in [-0.2, -0.15) is 5.10 Å². The lowest BCUT2D eigenvalue weighted by Gasteiger charge is -2.54. The minimum atomic E-state index is 0.697. The van der Waals surface area contributed by atoms with Crippen LogP contribution in [0.15, 0.2) is 35.5 Å². The van der Waals surface area contributed by atoms with Crippen LogP contribution in [0.3, 0.4) is 0 Å². The van der Waals surface area contributed by atoms with Crippen molar-refractivity contribution < 1.29 is 0 Å². The molecule has 1 aliphatic heterocycles. The van der Waals surface area contributed by atoms with Gasteiger partial charge >= 0.3 is 0 Å². The van der Waals surface area contributed by atoms with E-state index in [1.807, 2.05) is 11.8 Å². The molecule has 1 aromatic carbocycles. The van der Waals surface area contributed by atoms with Gasteiger partial charge in [-0.25, -0.2) is 9.67 Å². The third kappa shape index (κ3) is 2.12. The van der Waals surface area contributed by atoms with Crippen LogP contribution < -0.4 is 0 Å². The Morgan fingerprint density at radius 1 is 0.963 bits per heavy atom. The van der Waals surface area contributed by atoms with Crippen LogP contribution in [0.1, 0.15) is 43.7 Å². The lowest BCUT2D eigenvalue weighted by Crippen LogP contribution is -2.43. The summed E-state index contributed by atoms with van der Waals surface area (Å²) >= 11 is 1.85. The summed E-state index contributed by atoms with van der Waals surface area (Å²) < 4.78 is 4.61. The Bertz CT molecular complexity index is 1020. The number of aryl methyl sites for hydroxylation is 1. The van der Waals surface area contributed by atoms with E-state index in [2.05, 4.69) is 39.6 Å². The first kappa shape index (κ1) is 15.2. The summed E-state index contributed by atoms with van der Waals surface area (Å²) in [7, 11) is 0. The molecule has 0 radical (unpaired) electrons. The van der Waals surface area contributed by atoms with E-state index in [-0.39, 0.29) is 0 Å². The summed E-state index contributed by atoms with van der Waals surface area (Å²) in [6.07, 6.45) is 7.33. The predicted molar refractivity (Wildman–Crippen MR) is 107 cm³/mol. The molecule has 27 heavy (non-hydrogen) atoms. The molecular formula is C22H24N4S. The maximum Gasteiger partial charge on any atom is 0.174 e. The van der Waals surface area contributed by atoms with E-state index < -0.39 is 0 Å². The van der Waals surface area contributed by atoms with Gasteiger partial charge in [-0.15, -0.1) is 0 Å². The number of thioether (sulfide) groups is 1. The van der Waals surface area contributed by atoms with Crippen LogP contribution in [-0.4, -0.2) is 25.1 Å². The Balaban J connectivity index is 1.37. The first-order valence-corrected chi connectivity index (χ1v) is 11.5. The predicted octanol–water partition coefficient (Wildman–Crippen LogP) is 4.87. The zero-order valence-electron chi connectivity index (χ0n) is 15.4. The lowest BCUT2D eigenvalue weighted by atomic mass is 9.51. The third-order valence-electron chi connectivity index (χ3n) is 7.64. The van der Waals surface area contributed by atoms with E-state index >= 15 is 0 Å². The summed E-state index contributed by atoms with van der Waals surface area (Å²) in [6, 6.07) is 10.9. The Morgan fingerprint density at radius 3 is 2.56 bits per heavy atom. The third-order valence-corrected chi connectivity index (χ3v) is 8.56. The second-order valence-electron chi connectivity index (χ2n) is 9.17. The highest BCUT2D eigenvalue weighted by atomic mass is 32.2. The van der Waals surface area contributed by atoms with Gasteiger partial charge in [0, 0.05) is 17.7 Å². The van der Waals surface area contributed by atoms with Crippen LogP contribution in [0, 0.1) is 23.7 Å². The summed E-state index contributed by atoms with van der Waals surface area (Å²) in [5.41, 5.74) is 3.67. The van der Waals surface area contributed by atoms with Crippen LogP contribution in [-0.2, 0) is 6.54 Å². The van der Waals surface area contributed by atoms with Crippen LogP contribution in [0.4, 0.5) is 0 Å². The second kappa shape index (κ2) is 5.40. The van der Waals surface area contributed by atoms with Gasteiger partial charge in [0.05, 0.1) is 23.3 Å². The van der Waals surface area contributed by atoms with Gasteiger partial charge in [0.25, 0.3) is 0 Å². The Morgan fingerprint density at radius 2 is 1.74 bits per heavy atom. The van der Waals surface area contributed by atoms with Gasteiger partial charge in [-0.3, -0.25) is 4.57 Å². The Labute approximate surface area is 163 Å². The van der Waals surface area contributed by atoms with Crippen molar-refractivity contribution >= 4 is 22.8 Å². The van der Waals surface area contributed by atoms with Crippen molar-refractivity contribution in [2.45, 2.75) is 49.7 Å². The monoisotopic (exact) mass is 376 g/mol. The van der Waals surface area contributed by atoms with Gasteiger partial charge in [0.1, 0.15) is 5.82 Å². The number of hydrogen-bond acceptors (Lipinski definition) is 3. The van der Waals surface area contributed by atoms with Crippen molar-refractivity contribution in [3.8, 4) is 5.82 Å². The number of para-hydroxylation sites is 2. The SMILES string of the molecule is c1ccc2c(c1)nc1n2-c2cc(C3C4CC5CC(C4)CC3C5)nn2CCS1. The number of aromatic nitrogens is 4. The maximum absolute atomic E-state index is 5.20. The van der Waals surface area contributed by atoms with Crippen molar-refractivity contribution in [2.24, 2.45) is 23.7 Å². The highest BCUT2D eigenvalue weighted by molar-refractivity contribution is 7.99. The normalized spacial score (nSPS) is 33.9. The lowest BCUT2D eigenvalue weighted by molar-refractivity contribution is -0.00433. The van der Waals surface area contributed by atoms with E-state index in [9.17, 15) is 0 Å². The topological polar surface area (TPSA) is 35.6 Å². The zero-order chi connectivity index (χ0) is 17.5. The molecule has 2 aromatic heterocycles. The molecule has 0 saturated heterocycles. The second-order valence-corrected chi connectivity index (χ2v) is 10.2. The molecule has 0 atom stereocenters. The summed E-state index contributed by atoms with van der Waals surface area (Å²) in [5, 5.41) is 6.31. The molecule has 0 amide bonds. The number of rotatable bonds is 1. The molecule has 4 fully saturated rings. The van der Waals surface area contributed by atoms with E-state index in [0.29, 0.717) is 5.92 Å². The zero-order valence-corrected chi connectivity index (χ0v) is 16.2. The fraction of sp³-hybridized carbons (Fsp3) is 0.545. The van der Waals surface area contributed by atoms with Crippen LogP contribution in [0.5, 0.6) is 0 Å². The molecule has 4 nitrogen and oxygen atoms in total. The Hall–Kier alpha value is -1.75. The minimum Gasteiger partial charge on any atom is -0.271 e. The quantitative estimate of drug-likeness (QED) is 0.608. The highest BCUT2D eigenvalue weighted by Crippen LogP contribution is 2.59. The van der Waals surface area contributed by atoms with E-state index in [0.717, 1.165) is 46.6 Å². The van der Waals surface area contributed by atoms with Crippen molar-refractivity contribution in [1.29, 1.82) is 0 Å². The first-order valence-electron chi connectivity index (χ1n) is 10.5. The fourth-order valence-corrected chi connectivity index (χ4v) is 7.82. The molecule has 138 valence electrons. The summed E-state index contributed by atoms with van der Waals surface area (Å²) in [5.74, 6) is 6.77. The number of imidazole rings is 1. The molecule has 4 bridgehead atoms. The number of fused-ring (bicyclic) bond motifs is 5. The molecule has 4 aliphatic carbocycles. The highest BCUT2D eigenvalue weighted by Gasteiger charge is 2.49. The molecule has 0 unspecified atom stereocenters. The van der Waals surface area contributed by atoms with Crippen molar-refractivity contribution in [2.75, 3.05) is 5.75 Å². The number of benzene rings is 1. The molecular weight excluding hydrogens is 352 g/mol. The van der Waals surface area contributed by atoms with Gasteiger partial charge in [-0.1, -0.05) is 23.9 Å². The molecule has 8 rings (SSSR count). The molecule has 3 aromatic rings.